The first-order valence-corrected chi connectivity index (χ1v) is 10.1. The van der Waals surface area contributed by atoms with Crippen molar-refractivity contribution in [2.24, 2.45) is 0 Å². The number of ether oxygens (including phenoxy) is 1. The monoisotopic (exact) mass is 475 g/mol. The van der Waals surface area contributed by atoms with Gasteiger partial charge in [-0.3, -0.25) is 9.69 Å². The molecule has 0 saturated carbocycles. The van der Waals surface area contributed by atoms with Crippen molar-refractivity contribution in [3.63, 3.8) is 0 Å². The average molecular weight is 476 g/mol. The molecule has 0 atom stereocenters. The van der Waals surface area contributed by atoms with Crippen molar-refractivity contribution >= 4 is 56.6 Å². The number of amides is 1. The fourth-order valence-electron chi connectivity index (χ4n) is 2.69. The summed E-state index contributed by atoms with van der Waals surface area (Å²) in [6.07, 6.45) is 0.687. The lowest BCUT2D eigenvalue weighted by molar-refractivity contribution is -0.120. The van der Waals surface area contributed by atoms with E-state index in [1.54, 1.807) is 24.3 Å². The zero-order valence-corrected chi connectivity index (χ0v) is 18.8. The molecule has 0 saturated heterocycles. The number of thiazole rings is 1. The Hall–Kier alpha value is -2.00. The van der Waals surface area contributed by atoms with E-state index < -0.39 is 11.6 Å². The van der Waals surface area contributed by atoms with Crippen LogP contribution in [0.25, 0.3) is 10.2 Å². The quantitative estimate of drug-likeness (QED) is 0.459. The molecule has 1 amide bonds. The summed E-state index contributed by atoms with van der Waals surface area (Å²) >= 11 is 6.92. The first-order valence-electron chi connectivity index (χ1n) is 8.92. The summed E-state index contributed by atoms with van der Waals surface area (Å²) in [5.41, 5.74) is 0.0513. The topological polar surface area (TPSA) is 45.7 Å². The highest BCUT2D eigenvalue weighted by molar-refractivity contribution is 7.22. The largest absolute Gasteiger partial charge is 0.484 e. The molecule has 0 spiro atoms. The number of hydrogen-bond donors (Lipinski definition) is 0. The molecule has 1 heterocycles. The second-order valence-corrected chi connectivity index (χ2v) is 8.12. The number of nitrogens with zero attached hydrogens (tertiary/aromatic N) is 3. The average Bonchev–Trinajstić information content (AvgIpc) is 3.08. The Balaban J connectivity index is 0.00000320. The van der Waals surface area contributed by atoms with Crippen LogP contribution in [0.2, 0.25) is 5.02 Å². The molecule has 0 aliphatic heterocycles. The number of rotatable bonds is 8. The maximum atomic E-state index is 14.0. The molecule has 10 heteroatoms. The van der Waals surface area contributed by atoms with Crippen molar-refractivity contribution in [2.75, 3.05) is 38.7 Å². The molecular weight excluding hydrogens is 455 g/mol. The third kappa shape index (κ3) is 6.25. The van der Waals surface area contributed by atoms with Crippen LogP contribution in [0.3, 0.4) is 0 Å². The molecule has 0 unspecified atom stereocenters. The molecule has 3 aromatic rings. The summed E-state index contributed by atoms with van der Waals surface area (Å²) in [6, 6.07) is 8.67. The number of aromatic nitrogens is 1. The second kappa shape index (κ2) is 10.9. The minimum Gasteiger partial charge on any atom is -0.484 e. The van der Waals surface area contributed by atoms with Crippen LogP contribution >= 0.6 is 35.3 Å². The van der Waals surface area contributed by atoms with Gasteiger partial charge in [-0.1, -0.05) is 22.9 Å². The number of carbonyl (C=O) groups is 1. The molecule has 0 radical (unpaired) electrons. The Morgan fingerprint density at radius 3 is 2.53 bits per heavy atom. The normalized spacial score (nSPS) is 10.9. The minimum atomic E-state index is -0.749. The van der Waals surface area contributed by atoms with Crippen LogP contribution in [0, 0.1) is 11.6 Å². The third-order valence-corrected chi connectivity index (χ3v) is 5.37. The third-order valence-electron chi connectivity index (χ3n) is 4.10. The summed E-state index contributed by atoms with van der Waals surface area (Å²) in [5.74, 6) is -1.24. The summed E-state index contributed by atoms with van der Waals surface area (Å²) < 4.78 is 33.5. The number of benzene rings is 2. The molecule has 0 bridgehead atoms. The molecule has 162 valence electrons. The van der Waals surface area contributed by atoms with Crippen LogP contribution in [0.15, 0.2) is 36.4 Å². The lowest BCUT2D eigenvalue weighted by atomic mass is 10.3. The van der Waals surface area contributed by atoms with E-state index in [0.717, 1.165) is 23.9 Å². The number of anilines is 1. The van der Waals surface area contributed by atoms with Crippen LogP contribution in [0.4, 0.5) is 13.9 Å². The van der Waals surface area contributed by atoms with E-state index in [1.807, 2.05) is 19.0 Å². The zero-order valence-electron chi connectivity index (χ0n) is 16.4. The van der Waals surface area contributed by atoms with Gasteiger partial charge in [0.05, 0.1) is 4.70 Å². The summed E-state index contributed by atoms with van der Waals surface area (Å²) in [6.45, 7) is 0.928. The molecule has 3 rings (SSSR count). The van der Waals surface area contributed by atoms with E-state index in [2.05, 4.69) is 4.98 Å². The molecule has 0 aliphatic carbocycles. The summed E-state index contributed by atoms with van der Waals surface area (Å²) in [5, 5.41) is 0.880. The molecule has 1 aromatic heterocycles. The Morgan fingerprint density at radius 2 is 1.87 bits per heavy atom. The van der Waals surface area contributed by atoms with Crippen molar-refractivity contribution in [3.05, 3.63) is 53.1 Å². The predicted octanol–water partition coefficient (Wildman–Crippen LogP) is 5.01. The number of halogens is 4. The number of carbonyl (C=O) groups excluding carboxylic acids is 1. The fourth-order valence-corrected chi connectivity index (χ4v) is 3.86. The number of hydrogen-bond acceptors (Lipinski definition) is 5. The molecule has 0 N–H and O–H groups in total. The van der Waals surface area contributed by atoms with Crippen molar-refractivity contribution in [2.45, 2.75) is 6.42 Å². The van der Waals surface area contributed by atoms with Crippen LogP contribution < -0.4 is 9.64 Å². The van der Waals surface area contributed by atoms with E-state index in [1.165, 1.54) is 11.0 Å². The SMILES string of the molecule is CN(C)CCCN(C(=O)COc1ccc(Cl)cc1)c1nc2c(F)cc(F)cc2s1.Cl. The van der Waals surface area contributed by atoms with E-state index in [4.69, 9.17) is 16.3 Å². The zero-order chi connectivity index (χ0) is 21.0. The van der Waals surface area contributed by atoms with Crippen molar-refractivity contribution in [1.29, 1.82) is 0 Å². The fraction of sp³-hybridized carbons (Fsp3) is 0.300. The maximum absolute atomic E-state index is 14.0. The van der Waals surface area contributed by atoms with Crippen LogP contribution in [0.5, 0.6) is 5.75 Å². The first kappa shape index (κ1) is 24.3. The Kier molecular flexibility index (Phi) is 8.78. The van der Waals surface area contributed by atoms with Crippen molar-refractivity contribution in [1.82, 2.24) is 9.88 Å². The van der Waals surface area contributed by atoms with Gasteiger partial charge in [0.1, 0.15) is 17.1 Å². The maximum Gasteiger partial charge on any atom is 0.266 e. The molecular formula is C20H21Cl2F2N3O2S. The van der Waals surface area contributed by atoms with Gasteiger partial charge in [0.2, 0.25) is 0 Å². The van der Waals surface area contributed by atoms with Gasteiger partial charge in [-0.2, -0.15) is 0 Å². The van der Waals surface area contributed by atoms with E-state index in [9.17, 15) is 13.6 Å². The highest BCUT2D eigenvalue weighted by Crippen LogP contribution is 2.31. The van der Waals surface area contributed by atoms with Crippen LogP contribution in [-0.2, 0) is 4.79 Å². The standard InChI is InChI=1S/C20H20ClF2N3O2S.ClH/c1-25(2)8-3-9-26(18(27)12-28-15-6-4-13(21)5-7-15)20-24-19-16(23)10-14(22)11-17(19)29-20;/h4-7,10-11H,3,8-9,12H2,1-2H3;1H. The van der Waals surface area contributed by atoms with Gasteiger partial charge in [0, 0.05) is 17.6 Å². The molecule has 30 heavy (non-hydrogen) atoms. The van der Waals surface area contributed by atoms with E-state index in [-0.39, 0.29) is 30.4 Å². The number of fused-ring (bicyclic) bond motifs is 1. The lowest BCUT2D eigenvalue weighted by Crippen LogP contribution is -2.36. The van der Waals surface area contributed by atoms with Gasteiger partial charge in [-0.15, -0.1) is 12.4 Å². The predicted molar refractivity (Wildman–Crippen MR) is 119 cm³/mol. The van der Waals surface area contributed by atoms with Gasteiger partial charge in [0.25, 0.3) is 5.91 Å². The van der Waals surface area contributed by atoms with E-state index in [0.29, 0.717) is 33.6 Å². The highest BCUT2D eigenvalue weighted by atomic mass is 35.5. The van der Waals surface area contributed by atoms with Gasteiger partial charge < -0.3 is 9.64 Å². The first-order chi connectivity index (χ1) is 13.8. The van der Waals surface area contributed by atoms with Crippen molar-refractivity contribution < 1.29 is 18.3 Å². The lowest BCUT2D eigenvalue weighted by Gasteiger charge is -2.21. The molecule has 2 aromatic carbocycles. The Morgan fingerprint density at radius 1 is 1.17 bits per heavy atom. The molecule has 5 nitrogen and oxygen atoms in total. The second-order valence-electron chi connectivity index (χ2n) is 6.68. The van der Waals surface area contributed by atoms with Gasteiger partial charge >= 0.3 is 0 Å². The van der Waals surface area contributed by atoms with Crippen molar-refractivity contribution in [3.8, 4) is 5.75 Å². The summed E-state index contributed by atoms with van der Waals surface area (Å²) in [7, 11) is 3.87. The Labute approximate surface area is 188 Å². The van der Waals surface area contributed by atoms with Crippen LogP contribution in [0.1, 0.15) is 6.42 Å². The van der Waals surface area contributed by atoms with Crippen LogP contribution in [-0.4, -0.2) is 49.6 Å². The smallest absolute Gasteiger partial charge is 0.266 e. The molecule has 0 fully saturated rings. The summed E-state index contributed by atoms with van der Waals surface area (Å²) in [4.78, 5) is 20.5. The van der Waals surface area contributed by atoms with Gasteiger partial charge in [-0.25, -0.2) is 13.8 Å². The molecule has 0 aliphatic rings. The highest BCUT2D eigenvalue weighted by Gasteiger charge is 2.21. The van der Waals surface area contributed by atoms with E-state index >= 15 is 0 Å². The minimum absolute atomic E-state index is 0. The Bertz CT molecular complexity index is 1000. The van der Waals surface area contributed by atoms with Gasteiger partial charge in [0.15, 0.2) is 17.6 Å². The van der Waals surface area contributed by atoms with Gasteiger partial charge in [-0.05, 0) is 57.4 Å².